The van der Waals surface area contributed by atoms with Gasteiger partial charge in [-0.05, 0) is 72.9 Å². The number of carboxylic acids is 1. The highest BCUT2D eigenvalue weighted by atomic mass is 16.4. The zero-order valence-electron chi connectivity index (χ0n) is 15.8. The summed E-state index contributed by atoms with van der Waals surface area (Å²) >= 11 is 0. The number of hydrogen-bond acceptors (Lipinski definition) is 5. The predicted octanol–water partition coefficient (Wildman–Crippen LogP) is 4.06. The van der Waals surface area contributed by atoms with E-state index in [1.165, 1.54) is 0 Å². The molecule has 0 aromatic carbocycles. The zero-order chi connectivity index (χ0) is 20.2. The van der Waals surface area contributed by atoms with Gasteiger partial charge in [-0.15, -0.1) is 0 Å². The molecule has 0 aromatic rings. The Morgan fingerprint density at radius 2 is 0.862 bits per heavy atom. The van der Waals surface area contributed by atoms with E-state index in [0.29, 0.717) is 0 Å². The van der Waals surface area contributed by atoms with Crippen LogP contribution in [-0.4, -0.2) is 33.9 Å². The van der Waals surface area contributed by atoms with Crippen molar-refractivity contribution in [3.8, 4) is 0 Å². The summed E-state index contributed by atoms with van der Waals surface area (Å²) in [5.41, 5.74) is 7.15. The lowest BCUT2D eigenvalue weighted by molar-refractivity contribution is -0.136. The van der Waals surface area contributed by atoms with Gasteiger partial charge >= 0.3 is 5.97 Å². The topological polar surface area (TPSA) is 86.7 Å². The SMILES string of the molecule is C1=CC2=NC1=CC1=NC(=CC3=NC(=CC4=NC(=C2)C=C4)C=C3)C=C1.CCC(=O)O. The number of carbonyl (C=O) groups is 1. The highest BCUT2D eigenvalue weighted by Gasteiger charge is 2.11. The van der Waals surface area contributed by atoms with Crippen molar-refractivity contribution >= 4 is 28.8 Å². The molecular weight excluding hydrogens is 364 g/mol. The molecule has 1 N–H and O–H groups in total. The number of allylic oxidation sites excluding steroid dienone is 12. The first-order valence-corrected chi connectivity index (χ1v) is 9.23. The van der Waals surface area contributed by atoms with Gasteiger partial charge in [-0.25, -0.2) is 20.0 Å². The second kappa shape index (κ2) is 7.98. The van der Waals surface area contributed by atoms with Gasteiger partial charge in [0.2, 0.25) is 0 Å². The molecular formula is C23H18N4O2. The number of aliphatic imine (C=N–C) groups is 4. The summed E-state index contributed by atoms with van der Waals surface area (Å²) in [7, 11) is 0. The first-order chi connectivity index (χ1) is 14.1. The van der Waals surface area contributed by atoms with Crippen molar-refractivity contribution in [1.82, 2.24) is 0 Å². The first-order valence-electron chi connectivity index (χ1n) is 9.23. The summed E-state index contributed by atoms with van der Waals surface area (Å²) in [5.74, 6) is -0.745. The van der Waals surface area contributed by atoms with Gasteiger partial charge in [-0.2, -0.15) is 0 Å². The Kier molecular flexibility index (Phi) is 5.07. The van der Waals surface area contributed by atoms with E-state index in [4.69, 9.17) is 5.11 Å². The zero-order valence-corrected chi connectivity index (χ0v) is 15.8. The third-order valence-electron chi connectivity index (χ3n) is 4.22. The molecule has 0 unspecified atom stereocenters. The van der Waals surface area contributed by atoms with Crippen LogP contribution in [0.5, 0.6) is 0 Å². The quantitative estimate of drug-likeness (QED) is 0.741. The van der Waals surface area contributed by atoms with E-state index in [0.717, 1.165) is 45.6 Å². The van der Waals surface area contributed by atoms with E-state index in [9.17, 15) is 4.79 Å². The van der Waals surface area contributed by atoms with E-state index in [1.54, 1.807) is 6.92 Å². The van der Waals surface area contributed by atoms with Crippen LogP contribution in [0.4, 0.5) is 0 Å². The van der Waals surface area contributed by atoms with Crippen LogP contribution in [0.15, 0.2) is 116 Å². The molecule has 0 spiro atoms. The van der Waals surface area contributed by atoms with Gasteiger partial charge in [0, 0.05) is 6.42 Å². The molecule has 0 radical (unpaired) electrons. The van der Waals surface area contributed by atoms with Crippen LogP contribution in [0.2, 0.25) is 0 Å². The number of aliphatic carboxylic acids is 1. The van der Waals surface area contributed by atoms with Crippen LogP contribution in [0, 0.1) is 0 Å². The van der Waals surface area contributed by atoms with Crippen molar-refractivity contribution in [2.75, 3.05) is 0 Å². The summed E-state index contributed by atoms with van der Waals surface area (Å²) in [6.07, 6.45) is 24.0. The van der Waals surface area contributed by atoms with E-state index >= 15 is 0 Å². The lowest BCUT2D eigenvalue weighted by Crippen LogP contribution is -1.89. The van der Waals surface area contributed by atoms with Gasteiger partial charge in [0.1, 0.15) is 0 Å². The number of carboxylic acid groups (broad SMARTS) is 1. The smallest absolute Gasteiger partial charge is 0.303 e. The Bertz CT molecular complexity index is 959. The van der Waals surface area contributed by atoms with Gasteiger partial charge in [0.15, 0.2) is 0 Å². The second-order valence-corrected chi connectivity index (χ2v) is 6.50. The molecule has 0 aromatic heterocycles. The number of fused-ring (bicyclic) bond motifs is 4. The maximum Gasteiger partial charge on any atom is 0.303 e. The Balaban J connectivity index is 0.000000369. The van der Waals surface area contributed by atoms with Crippen molar-refractivity contribution in [3.63, 3.8) is 0 Å². The molecule has 6 nitrogen and oxygen atoms in total. The Labute approximate surface area is 168 Å². The molecule has 0 saturated carbocycles. The molecule has 8 bridgehead atoms. The molecule has 6 heteroatoms. The fourth-order valence-corrected chi connectivity index (χ4v) is 2.83. The largest absolute Gasteiger partial charge is 0.481 e. The molecule has 0 amide bonds. The molecule has 5 rings (SSSR count). The van der Waals surface area contributed by atoms with Gasteiger partial charge in [-0.1, -0.05) is 6.92 Å². The molecule has 142 valence electrons. The average Bonchev–Trinajstić information content (AvgIpc) is 3.47. The van der Waals surface area contributed by atoms with Crippen LogP contribution >= 0.6 is 0 Å². The minimum Gasteiger partial charge on any atom is -0.481 e. The van der Waals surface area contributed by atoms with E-state index in [2.05, 4.69) is 20.0 Å². The monoisotopic (exact) mass is 382 g/mol. The molecule has 0 fully saturated rings. The van der Waals surface area contributed by atoms with E-state index in [1.807, 2.05) is 72.9 Å². The standard InChI is InChI=1S/C20H12N4.C3H6O2/c1-2-14-10-16-5-6-18(23-16)12-20-8-7-19(24-20)11-17-4-3-15(22-17)9-13(1)21-14;1-2-3(4)5/h1-12H;2H2,1H3,(H,4,5). The van der Waals surface area contributed by atoms with E-state index < -0.39 is 5.97 Å². The van der Waals surface area contributed by atoms with Gasteiger partial charge < -0.3 is 5.11 Å². The third-order valence-corrected chi connectivity index (χ3v) is 4.22. The van der Waals surface area contributed by atoms with Crippen LogP contribution in [0.1, 0.15) is 13.3 Å². The Morgan fingerprint density at radius 1 is 0.621 bits per heavy atom. The van der Waals surface area contributed by atoms with Gasteiger partial charge in [0.05, 0.1) is 45.6 Å². The van der Waals surface area contributed by atoms with Crippen molar-refractivity contribution in [2.24, 2.45) is 20.0 Å². The molecule has 29 heavy (non-hydrogen) atoms. The minimum atomic E-state index is -0.745. The molecule has 5 aliphatic heterocycles. The normalized spacial score (nSPS) is 20.0. The molecule has 0 aliphatic carbocycles. The van der Waals surface area contributed by atoms with Gasteiger partial charge in [0.25, 0.3) is 0 Å². The lowest BCUT2D eigenvalue weighted by atomic mass is 10.2. The highest BCUT2D eigenvalue weighted by molar-refractivity contribution is 6.14. The third kappa shape index (κ3) is 4.68. The molecule has 0 saturated heterocycles. The second-order valence-electron chi connectivity index (χ2n) is 6.50. The Morgan fingerprint density at radius 3 is 1.07 bits per heavy atom. The summed E-state index contributed by atoms with van der Waals surface area (Å²) in [6.45, 7) is 1.60. The highest BCUT2D eigenvalue weighted by Crippen LogP contribution is 2.20. The Hall–Kier alpha value is -3.93. The molecule has 5 aliphatic rings. The predicted molar refractivity (Wildman–Crippen MR) is 117 cm³/mol. The van der Waals surface area contributed by atoms with Crippen molar-refractivity contribution in [3.05, 3.63) is 95.7 Å². The maximum absolute atomic E-state index is 9.37. The van der Waals surface area contributed by atoms with Crippen molar-refractivity contribution in [2.45, 2.75) is 13.3 Å². The summed E-state index contributed by atoms with van der Waals surface area (Å²) in [4.78, 5) is 27.7. The van der Waals surface area contributed by atoms with Crippen LogP contribution in [0.3, 0.4) is 0 Å². The van der Waals surface area contributed by atoms with Crippen molar-refractivity contribution < 1.29 is 9.90 Å². The molecule has 0 atom stereocenters. The van der Waals surface area contributed by atoms with Crippen molar-refractivity contribution in [1.29, 1.82) is 0 Å². The summed E-state index contributed by atoms with van der Waals surface area (Å²) in [5, 5.41) is 7.72. The number of hydrogen-bond donors (Lipinski definition) is 1. The summed E-state index contributed by atoms with van der Waals surface area (Å²) in [6, 6.07) is 0. The fraction of sp³-hybridized carbons (Fsp3) is 0.0870. The number of rotatable bonds is 1. The minimum absolute atomic E-state index is 0.222. The first kappa shape index (κ1) is 18.4. The van der Waals surface area contributed by atoms with Crippen LogP contribution < -0.4 is 0 Å². The van der Waals surface area contributed by atoms with Crippen LogP contribution in [0.25, 0.3) is 0 Å². The van der Waals surface area contributed by atoms with Gasteiger partial charge in [-0.3, -0.25) is 4.79 Å². The van der Waals surface area contributed by atoms with E-state index in [-0.39, 0.29) is 6.42 Å². The lowest BCUT2D eigenvalue weighted by Gasteiger charge is -1.94. The average molecular weight is 382 g/mol. The van der Waals surface area contributed by atoms with Crippen LogP contribution in [-0.2, 0) is 4.79 Å². The fourth-order valence-electron chi connectivity index (χ4n) is 2.83. The molecule has 5 heterocycles. The maximum atomic E-state index is 9.37. The number of nitrogens with zero attached hydrogens (tertiary/aromatic N) is 4. The summed E-state index contributed by atoms with van der Waals surface area (Å²) < 4.78 is 0.